The van der Waals surface area contributed by atoms with E-state index >= 15 is 0 Å². The number of hydrogen-bond donors (Lipinski definition) is 1. The van der Waals surface area contributed by atoms with Gasteiger partial charge < -0.3 is 5.11 Å². The summed E-state index contributed by atoms with van der Waals surface area (Å²) in [6.45, 7) is 0.317. The highest BCUT2D eigenvalue weighted by molar-refractivity contribution is 14.1. The van der Waals surface area contributed by atoms with Gasteiger partial charge in [0.2, 0.25) is 0 Å². The second-order valence-electron chi connectivity index (χ2n) is 3.64. The van der Waals surface area contributed by atoms with Crippen molar-refractivity contribution in [2.75, 3.05) is 6.61 Å². The fraction of sp³-hybridized carbons (Fsp3) is 0.333. The van der Waals surface area contributed by atoms with Gasteiger partial charge in [0.05, 0.1) is 0 Å². The smallest absolute Gasteiger partial charge is 0.0475 e. The number of hydrogen-bond acceptors (Lipinski definition) is 1. The minimum absolute atomic E-state index is 0.317. The van der Waals surface area contributed by atoms with Gasteiger partial charge in [-0.05, 0) is 11.5 Å². The third-order valence-corrected chi connectivity index (χ3v) is 4.41. The van der Waals surface area contributed by atoms with Crippen LogP contribution in [0.4, 0.5) is 0 Å². The summed E-state index contributed by atoms with van der Waals surface area (Å²) in [6.07, 6.45) is 4.36. The van der Waals surface area contributed by atoms with Crippen molar-refractivity contribution >= 4 is 28.7 Å². The highest BCUT2D eigenvalue weighted by Crippen LogP contribution is 2.46. The van der Waals surface area contributed by atoms with E-state index in [2.05, 4.69) is 46.9 Å². The molecule has 0 bridgehead atoms. The van der Waals surface area contributed by atoms with E-state index in [1.807, 2.05) is 18.2 Å². The summed E-state index contributed by atoms with van der Waals surface area (Å²) in [5.41, 5.74) is 1.24. The maximum absolute atomic E-state index is 9.01. The van der Waals surface area contributed by atoms with Crippen molar-refractivity contribution in [3.63, 3.8) is 0 Å². The molecule has 0 amide bonds. The molecule has 14 heavy (non-hydrogen) atoms. The Hall–Kier alpha value is -0.350. The lowest BCUT2D eigenvalue weighted by Crippen LogP contribution is -1.86. The molecule has 1 fully saturated rings. The summed E-state index contributed by atoms with van der Waals surface area (Å²) in [5.74, 6) is 1.05. The number of aliphatic hydroxyl groups excluding tert-OH is 1. The van der Waals surface area contributed by atoms with Crippen LogP contribution in [0, 0.1) is 11.8 Å². The van der Waals surface area contributed by atoms with Gasteiger partial charge in [0.1, 0.15) is 0 Å². The van der Waals surface area contributed by atoms with Crippen molar-refractivity contribution in [3.05, 3.63) is 42.0 Å². The Morgan fingerprint density at radius 3 is 2.57 bits per heavy atom. The molecule has 2 heteroatoms. The Labute approximate surface area is 98.0 Å². The SMILES string of the molecule is OC[C@H]1[C@H](I)[C@@H]1/C=C/c1ccccc1. The molecule has 1 aliphatic carbocycles. The lowest BCUT2D eigenvalue weighted by atomic mass is 10.2. The predicted octanol–water partition coefficient (Wildman–Crippen LogP) is 2.74. The number of aliphatic hydroxyl groups is 1. The van der Waals surface area contributed by atoms with Crippen molar-refractivity contribution in [3.8, 4) is 0 Å². The van der Waals surface area contributed by atoms with Crippen molar-refractivity contribution in [1.82, 2.24) is 0 Å². The molecule has 1 aliphatic rings. The van der Waals surface area contributed by atoms with Crippen molar-refractivity contribution in [2.24, 2.45) is 11.8 Å². The largest absolute Gasteiger partial charge is 0.396 e. The molecule has 1 nitrogen and oxygen atoms in total. The van der Waals surface area contributed by atoms with E-state index in [0.717, 1.165) is 0 Å². The Morgan fingerprint density at radius 2 is 2.00 bits per heavy atom. The van der Waals surface area contributed by atoms with Crippen LogP contribution in [0.2, 0.25) is 0 Å². The Bertz CT molecular complexity index is 320. The van der Waals surface area contributed by atoms with Gasteiger partial charge in [-0.1, -0.05) is 65.1 Å². The molecular formula is C12H13IO. The quantitative estimate of drug-likeness (QED) is 0.672. The molecule has 0 spiro atoms. The third-order valence-electron chi connectivity index (χ3n) is 2.65. The summed E-state index contributed by atoms with van der Waals surface area (Å²) in [5, 5.41) is 9.01. The molecular weight excluding hydrogens is 287 g/mol. The first-order valence-electron chi connectivity index (χ1n) is 4.81. The van der Waals surface area contributed by atoms with Crippen LogP contribution in [0.25, 0.3) is 6.08 Å². The average Bonchev–Trinajstić information content (AvgIpc) is 2.87. The normalized spacial score (nSPS) is 30.9. The summed E-state index contributed by atoms with van der Waals surface area (Å²) in [6, 6.07) is 10.3. The molecule has 0 radical (unpaired) electrons. The second kappa shape index (κ2) is 4.45. The van der Waals surface area contributed by atoms with E-state index in [-0.39, 0.29) is 0 Å². The molecule has 0 unspecified atom stereocenters. The number of allylic oxidation sites excluding steroid dienone is 1. The molecule has 2 rings (SSSR count). The minimum Gasteiger partial charge on any atom is -0.396 e. The van der Waals surface area contributed by atoms with E-state index in [0.29, 0.717) is 22.4 Å². The minimum atomic E-state index is 0.317. The van der Waals surface area contributed by atoms with Crippen LogP contribution in [0.1, 0.15) is 5.56 Å². The Kier molecular flexibility index (Phi) is 3.23. The van der Waals surface area contributed by atoms with Gasteiger partial charge in [0.25, 0.3) is 0 Å². The van der Waals surface area contributed by atoms with E-state index in [9.17, 15) is 0 Å². The standard InChI is InChI=1S/C12H13IO/c13-12-10(11(12)8-14)7-6-9-4-2-1-3-5-9/h1-7,10-12,14H,8H2/b7-6+/t10-,11-,12-/m1/s1. The zero-order valence-electron chi connectivity index (χ0n) is 7.81. The van der Waals surface area contributed by atoms with Gasteiger partial charge >= 0.3 is 0 Å². The average molecular weight is 300 g/mol. The first kappa shape index (κ1) is 10.2. The predicted molar refractivity (Wildman–Crippen MR) is 67.3 cm³/mol. The summed E-state index contributed by atoms with van der Waals surface area (Å²) in [7, 11) is 0. The first-order chi connectivity index (χ1) is 6.83. The van der Waals surface area contributed by atoms with Crippen LogP contribution in [-0.4, -0.2) is 15.6 Å². The van der Waals surface area contributed by atoms with Gasteiger partial charge in [-0.15, -0.1) is 0 Å². The molecule has 0 heterocycles. The molecule has 1 saturated carbocycles. The van der Waals surface area contributed by atoms with Crippen LogP contribution in [0.15, 0.2) is 36.4 Å². The van der Waals surface area contributed by atoms with Crippen LogP contribution < -0.4 is 0 Å². The van der Waals surface area contributed by atoms with E-state index < -0.39 is 0 Å². The fourth-order valence-electron chi connectivity index (χ4n) is 1.61. The van der Waals surface area contributed by atoms with Gasteiger partial charge in [0, 0.05) is 16.4 Å². The van der Waals surface area contributed by atoms with Gasteiger partial charge in [-0.25, -0.2) is 0 Å². The van der Waals surface area contributed by atoms with E-state index in [1.54, 1.807) is 0 Å². The lowest BCUT2D eigenvalue weighted by molar-refractivity contribution is 0.273. The highest BCUT2D eigenvalue weighted by Gasteiger charge is 2.45. The van der Waals surface area contributed by atoms with E-state index in [1.165, 1.54) is 5.56 Å². The zero-order chi connectivity index (χ0) is 9.97. The van der Waals surface area contributed by atoms with E-state index in [4.69, 9.17) is 5.11 Å². The molecule has 74 valence electrons. The third kappa shape index (κ3) is 2.17. The van der Waals surface area contributed by atoms with Gasteiger partial charge in [-0.3, -0.25) is 0 Å². The molecule has 1 N–H and O–H groups in total. The first-order valence-corrected chi connectivity index (χ1v) is 6.05. The molecule has 0 aromatic heterocycles. The summed E-state index contributed by atoms with van der Waals surface area (Å²) < 4.78 is 0.623. The van der Waals surface area contributed by atoms with Gasteiger partial charge in [0.15, 0.2) is 0 Å². The molecule has 0 aliphatic heterocycles. The highest BCUT2D eigenvalue weighted by atomic mass is 127. The summed E-state index contributed by atoms with van der Waals surface area (Å²) in [4.78, 5) is 0. The van der Waals surface area contributed by atoms with Crippen LogP contribution in [0.3, 0.4) is 0 Å². The number of halogens is 1. The Morgan fingerprint density at radius 1 is 1.29 bits per heavy atom. The Balaban J connectivity index is 1.96. The number of alkyl halides is 1. The topological polar surface area (TPSA) is 20.2 Å². The molecule has 1 aromatic rings. The maximum atomic E-state index is 9.01. The van der Waals surface area contributed by atoms with Crippen LogP contribution in [0.5, 0.6) is 0 Å². The fourth-order valence-corrected chi connectivity index (χ4v) is 2.85. The van der Waals surface area contributed by atoms with Crippen molar-refractivity contribution in [2.45, 2.75) is 3.92 Å². The van der Waals surface area contributed by atoms with Crippen LogP contribution >= 0.6 is 22.6 Å². The van der Waals surface area contributed by atoms with Crippen molar-refractivity contribution in [1.29, 1.82) is 0 Å². The lowest BCUT2D eigenvalue weighted by Gasteiger charge is -1.90. The molecule has 1 aromatic carbocycles. The molecule has 3 atom stereocenters. The second-order valence-corrected chi connectivity index (χ2v) is 5.08. The maximum Gasteiger partial charge on any atom is 0.0475 e. The number of rotatable bonds is 3. The van der Waals surface area contributed by atoms with Gasteiger partial charge in [-0.2, -0.15) is 0 Å². The summed E-state index contributed by atoms with van der Waals surface area (Å²) >= 11 is 2.41. The molecule has 0 saturated heterocycles. The zero-order valence-corrected chi connectivity index (χ0v) is 9.96. The number of benzene rings is 1. The van der Waals surface area contributed by atoms with Crippen molar-refractivity contribution < 1.29 is 5.11 Å². The monoisotopic (exact) mass is 300 g/mol. The van der Waals surface area contributed by atoms with Crippen LogP contribution in [-0.2, 0) is 0 Å².